The predicted octanol–water partition coefficient (Wildman–Crippen LogP) is 2.64. The lowest BCUT2D eigenvalue weighted by Crippen LogP contribution is -2.50. The number of hydrogen-bond donors (Lipinski definition) is 0. The van der Waals surface area contributed by atoms with Crippen LogP contribution in [0.3, 0.4) is 0 Å². The zero-order chi connectivity index (χ0) is 11.7. The molecule has 0 amide bonds. The van der Waals surface area contributed by atoms with Gasteiger partial charge in [0, 0.05) is 31.9 Å². The van der Waals surface area contributed by atoms with Crippen LogP contribution in [0, 0.1) is 0 Å². The largest absolute Gasteiger partial charge is 0.353 e. The molecule has 1 atom stereocenters. The average Bonchev–Trinajstić information content (AvgIpc) is 2.22. The third kappa shape index (κ3) is 2.50. The van der Waals surface area contributed by atoms with Crippen molar-refractivity contribution in [3.8, 4) is 0 Å². The monoisotopic (exact) mass is 303 g/mol. The Balaban J connectivity index is 2.18. The molecule has 5 heteroatoms. The highest BCUT2D eigenvalue weighted by molar-refractivity contribution is 9.10. The predicted molar refractivity (Wildman–Crippen MR) is 71.3 cm³/mol. The van der Waals surface area contributed by atoms with Crippen LogP contribution >= 0.6 is 27.5 Å². The van der Waals surface area contributed by atoms with Crippen molar-refractivity contribution in [1.29, 1.82) is 0 Å². The molecule has 1 aliphatic rings. The van der Waals surface area contributed by atoms with E-state index >= 15 is 0 Å². The van der Waals surface area contributed by atoms with Crippen LogP contribution in [0.5, 0.6) is 0 Å². The summed E-state index contributed by atoms with van der Waals surface area (Å²) in [5, 5.41) is 0.665. The van der Waals surface area contributed by atoms with Crippen LogP contribution in [-0.4, -0.2) is 42.6 Å². The Morgan fingerprint density at radius 1 is 1.50 bits per heavy atom. The third-order valence-corrected chi connectivity index (χ3v) is 3.84. The highest BCUT2D eigenvalue weighted by Crippen LogP contribution is 2.27. The van der Waals surface area contributed by atoms with Gasteiger partial charge in [-0.2, -0.15) is 0 Å². The minimum Gasteiger partial charge on any atom is -0.353 e. The van der Waals surface area contributed by atoms with Gasteiger partial charge in [-0.1, -0.05) is 11.6 Å². The zero-order valence-corrected chi connectivity index (χ0v) is 11.8. The summed E-state index contributed by atoms with van der Waals surface area (Å²) < 4.78 is 0.969. The minimum absolute atomic E-state index is 0.554. The fourth-order valence-electron chi connectivity index (χ4n) is 1.88. The number of aromatic nitrogens is 1. The van der Waals surface area contributed by atoms with Gasteiger partial charge in [0.2, 0.25) is 0 Å². The topological polar surface area (TPSA) is 19.4 Å². The first-order chi connectivity index (χ1) is 7.58. The quantitative estimate of drug-likeness (QED) is 0.795. The minimum atomic E-state index is 0.554. The summed E-state index contributed by atoms with van der Waals surface area (Å²) in [4.78, 5) is 9.05. The van der Waals surface area contributed by atoms with Crippen LogP contribution in [0.25, 0.3) is 0 Å². The number of nitrogens with zero attached hydrogens (tertiary/aromatic N) is 3. The molecule has 1 aromatic rings. The number of likely N-dealkylation sites (N-methyl/N-ethyl adjacent to an activating group) is 1. The van der Waals surface area contributed by atoms with Crippen molar-refractivity contribution in [2.24, 2.45) is 0 Å². The highest BCUT2D eigenvalue weighted by Gasteiger charge is 2.22. The van der Waals surface area contributed by atoms with E-state index in [4.69, 9.17) is 11.6 Å². The smallest absolute Gasteiger partial charge is 0.143 e. The van der Waals surface area contributed by atoms with E-state index in [2.05, 4.69) is 44.7 Å². The SMILES string of the molecule is CC1CN(c2ncc(Cl)cc2Br)CCN1C. The first-order valence-corrected chi connectivity index (χ1v) is 6.51. The van der Waals surface area contributed by atoms with Gasteiger partial charge in [-0.25, -0.2) is 4.98 Å². The normalized spacial score (nSPS) is 22.5. The van der Waals surface area contributed by atoms with Crippen LogP contribution in [-0.2, 0) is 0 Å². The Labute approximate surface area is 110 Å². The molecule has 1 saturated heterocycles. The lowest BCUT2D eigenvalue weighted by atomic mass is 10.2. The number of anilines is 1. The molecule has 1 fully saturated rings. The van der Waals surface area contributed by atoms with Gasteiger partial charge in [-0.15, -0.1) is 0 Å². The average molecular weight is 305 g/mol. The maximum atomic E-state index is 5.89. The summed E-state index contributed by atoms with van der Waals surface area (Å²) in [5.41, 5.74) is 0. The van der Waals surface area contributed by atoms with Gasteiger partial charge in [-0.3, -0.25) is 0 Å². The molecule has 0 bridgehead atoms. The number of rotatable bonds is 1. The zero-order valence-electron chi connectivity index (χ0n) is 9.45. The fraction of sp³-hybridized carbons (Fsp3) is 0.545. The van der Waals surface area contributed by atoms with Crippen LogP contribution < -0.4 is 4.90 Å². The molecule has 1 aromatic heterocycles. The molecule has 2 rings (SSSR count). The van der Waals surface area contributed by atoms with Crippen molar-refractivity contribution in [2.45, 2.75) is 13.0 Å². The van der Waals surface area contributed by atoms with Gasteiger partial charge in [0.1, 0.15) is 5.82 Å². The van der Waals surface area contributed by atoms with Gasteiger partial charge in [0.25, 0.3) is 0 Å². The Morgan fingerprint density at radius 3 is 2.88 bits per heavy atom. The number of halogens is 2. The molecule has 16 heavy (non-hydrogen) atoms. The molecule has 0 N–H and O–H groups in total. The standard InChI is InChI=1S/C11H15BrClN3/c1-8-7-16(4-3-15(8)2)11-10(12)5-9(13)6-14-11/h5-6,8H,3-4,7H2,1-2H3. The first kappa shape index (κ1) is 12.1. The number of hydrogen-bond acceptors (Lipinski definition) is 3. The lowest BCUT2D eigenvalue weighted by Gasteiger charge is -2.38. The van der Waals surface area contributed by atoms with Crippen molar-refractivity contribution >= 4 is 33.3 Å². The van der Waals surface area contributed by atoms with Gasteiger partial charge >= 0.3 is 0 Å². The summed E-state index contributed by atoms with van der Waals surface area (Å²) in [6, 6.07) is 2.45. The van der Waals surface area contributed by atoms with Gasteiger partial charge in [0.15, 0.2) is 0 Å². The van der Waals surface area contributed by atoms with Gasteiger partial charge < -0.3 is 9.80 Å². The second kappa shape index (κ2) is 4.90. The fourth-order valence-corrected chi connectivity index (χ4v) is 2.77. The second-order valence-electron chi connectivity index (χ2n) is 4.23. The lowest BCUT2D eigenvalue weighted by molar-refractivity contribution is 0.233. The second-order valence-corrected chi connectivity index (χ2v) is 5.53. The van der Waals surface area contributed by atoms with Crippen molar-refractivity contribution in [2.75, 3.05) is 31.6 Å². The molecule has 0 aliphatic carbocycles. The Bertz CT molecular complexity index is 385. The summed E-state index contributed by atoms with van der Waals surface area (Å²) in [7, 11) is 2.16. The van der Waals surface area contributed by atoms with E-state index in [-0.39, 0.29) is 0 Å². The van der Waals surface area contributed by atoms with E-state index < -0.39 is 0 Å². The van der Waals surface area contributed by atoms with Crippen LogP contribution in [0.4, 0.5) is 5.82 Å². The van der Waals surface area contributed by atoms with Crippen molar-refractivity contribution in [3.63, 3.8) is 0 Å². The molecule has 1 aliphatic heterocycles. The summed E-state index contributed by atoms with van der Waals surface area (Å²) in [6.07, 6.45) is 1.70. The number of pyridine rings is 1. The first-order valence-electron chi connectivity index (χ1n) is 5.34. The molecular formula is C11H15BrClN3. The number of piperazine rings is 1. The van der Waals surface area contributed by atoms with Gasteiger partial charge in [-0.05, 0) is 36.0 Å². The van der Waals surface area contributed by atoms with Crippen molar-refractivity contribution < 1.29 is 0 Å². The molecule has 1 unspecified atom stereocenters. The van der Waals surface area contributed by atoms with E-state index in [0.29, 0.717) is 11.1 Å². The molecule has 3 nitrogen and oxygen atoms in total. The van der Waals surface area contributed by atoms with E-state index in [1.807, 2.05) is 6.07 Å². The molecule has 2 heterocycles. The van der Waals surface area contributed by atoms with Gasteiger partial charge in [0.05, 0.1) is 9.50 Å². The molecule has 0 saturated carbocycles. The van der Waals surface area contributed by atoms with Crippen LogP contribution in [0.2, 0.25) is 5.02 Å². The molecule has 0 aromatic carbocycles. The van der Waals surface area contributed by atoms with Crippen LogP contribution in [0.15, 0.2) is 16.7 Å². The Kier molecular flexibility index (Phi) is 3.72. The van der Waals surface area contributed by atoms with E-state index in [9.17, 15) is 0 Å². The molecule has 0 spiro atoms. The maximum Gasteiger partial charge on any atom is 0.143 e. The van der Waals surface area contributed by atoms with E-state index in [0.717, 1.165) is 29.9 Å². The third-order valence-electron chi connectivity index (χ3n) is 3.05. The molecule has 88 valence electrons. The van der Waals surface area contributed by atoms with Crippen molar-refractivity contribution in [1.82, 2.24) is 9.88 Å². The Hall–Kier alpha value is -0.320. The van der Waals surface area contributed by atoms with E-state index in [1.54, 1.807) is 6.20 Å². The van der Waals surface area contributed by atoms with Crippen molar-refractivity contribution in [3.05, 3.63) is 21.8 Å². The maximum absolute atomic E-state index is 5.89. The highest BCUT2D eigenvalue weighted by atomic mass is 79.9. The van der Waals surface area contributed by atoms with E-state index in [1.165, 1.54) is 0 Å². The van der Waals surface area contributed by atoms with Crippen LogP contribution in [0.1, 0.15) is 6.92 Å². The summed E-state index contributed by atoms with van der Waals surface area (Å²) in [5.74, 6) is 0.990. The Morgan fingerprint density at radius 2 is 2.25 bits per heavy atom. The summed E-state index contributed by atoms with van der Waals surface area (Å²) >= 11 is 9.40. The summed E-state index contributed by atoms with van der Waals surface area (Å²) in [6.45, 7) is 5.31. The molecular weight excluding hydrogens is 289 g/mol. The molecule has 0 radical (unpaired) electrons.